The summed E-state index contributed by atoms with van der Waals surface area (Å²) in [7, 11) is 0. The highest BCUT2D eigenvalue weighted by Crippen LogP contribution is 2.27. The van der Waals surface area contributed by atoms with E-state index in [1.807, 2.05) is 42.5 Å². The maximum absolute atomic E-state index is 12.3. The smallest absolute Gasteiger partial charge is 0.234 e. The molecule has 4 rings (SSSR count). The molecule has 0 saturated carbocycles. The van der Waals surface area contributed by atoms with Crippen LogP contribution in [-0.4, -0.2) is 31.4 Å². The van der Waals surface area contributed by atoms with E-state index in [9.17, 15) is 4.79 Å². The first-order valence-corrected chi connectivity index (χ1v) is 10.7. The summed E-state index contributed by atoms with van der Waals surface area (Å²) in [6, 6.07) is 16.0. The molecule has 1 amide bonds. The highest BCUT2D eigenvalue weighted by molar-refractivity contribution is 7.99. The third-order valence-corrected chi connectivity index (χ3v) is 5.70. The van der Waals surface area contributed by atoms with Crippen LogP contribution >= 0.6 is 11.8 Å². The Labute approximate surface area is 173 Å². The molecule has 0 aliphatic carbocycles. The molecule has 0 atom stereocenters. The average molecular weight is 406 g/mol. The van der Waals surface area contributed by atoms with Crippen molar-refractivity contribution in [3.05, 3.63) is 54.1 Å². The van der Waals surface area contributed by atoms with Crippen LogP contribution in [0.2, 0.25) is 0 Å². The van der Waals surface area contributed by atoms with Gasteiger partial charge in [-0.1, -0.05) is 55.9 Å². The number of nitrogens with zero attached hydrogens (tertiary/aromatic N) is 4. The predicted molar refractivity (Wildman–Crippen MR) is 118 cm³/mol. The van der Waals surface area contributed by atoms with E-state index in [1.54, 1.807) is 0 Å². The zero-order valence-electron chi connectivity index (χ0n) is 16.7. The Hall–Kier alpha value is -2.93. The van der Waals surface area contributed by atoms with Crippen LogP contribution < -0.4 is 5.32 Å². The summed E-state index contributed by atoms with van der Waals surface area (Å²) < 4.78 is 2.12. The third-order valence-electron chi connectivity index (χ3n) is 4.86. The van der Waals surface area contributed by atoms with Gasteiger partial charge in [-0.2, -0.15) is 0 Å². The number of anilines is 1. The fourth-order valence-corrected chi connectivity index (χ4v) is 3.93. The summed E-state index contributed by atoms with van der Waals surface area (Å²) in [4.78, 5) is 17.0. The Morgan fingerprint density at radius 3 is 2.59 bits per heavy atom. The normalized spacial score (nSPS) is 11.4. The SMILES string of the molecule is CCn1c2ccccc2c2nnc(SCC(=O)Nc3ccc(C(C)C)cc3)nc21. The standard InChI is InChI=1S/C22H23N5OS/c1-4-27-18-8-6-5-7-17(18)20-21(27)24-22(26-25-20)29-13-19(28)23-16-11-9-15(10-12-16)14(2)3/h5-12,14H,4,13H2,1-3H3,(H,23,28). The summed E-state index contributed by atoms with van der Waals surface area (Å²) >= 11 is 1.29. The second kappa shape index (κ2) is 8.21. The first kappa shape index (κ1) is 19.4. The molecule has 4 aromatic rings. The molecule has 0 radical (unpaired) electrons. The van der Waals surface area contributed by atoms with Crippen molar-refractivity contribution in [2.75, 3.05) is 11.1 Å². The van der Waals surface area contributed by atoms with Crippen molar-refractivity contribution in [3.8, 4) is 0 Å². The minimum absolute atomic E-state index is 0.0907. The fraction of sp³-hybridized carbons (Fsp3) is 0.273. The number of thioether (sulfide) groups is 1. The molecule has 0 saturated heterocycles. The van der Waals surface area contributed by atoms with Crippen LogP contribution in [0.5, 0.6) is 0 Å². The van der Waals surface area contributed by atoms with Crippen LogP contribution in [0.3, 0.4) is 0 Å². The number of fused-ring (bicyclic) bond motifs is 3. The van der Waals surface area contributed by atoms with Crippen LogP contribution in [0.1, 0.15) is 32.3 Å². The van der Waals surface area contributed by atoms with Gasteiger partial charge in [-0.05, 0) is 36.6 Å². The van der Waals surface area contributed by atoms with E-state index < -0.39 is 0 Å². The molecule has 2 aromatic heterocycles. The molecule has 1 N–H and O–H groups in total. The van der Waals surface area contributed by atoms with Crippen molar-refractivity contribution >= 4 is 45.4 Å². The molecule has 0 aliphatic rings. The van der Waals surface area contributed by atoms with Gasteiger partial charge in [-0.25, -0.2) is 4.98 Å². The quantitative estimate of drug-likeness (QED) is 0.464. The van der Waals surface area contributed by atoms with Crippen molar-refractivity contribution in [2.24, 2.45) is 0 Å². The number of carbonyl (C=O) groups is 1. The van der Waals surface area contributed by atoms with Crippen molar-refractivity contribution in [3.63, 3.8) is 0 Å². The summed E-state index contributed by atoms with van der Waals surface area (Å²) in [5.41, 5.74) is 4.73. The maximum Gasteiger partial charge on any atom is 0.234 e. The number of aryl methyl sites for hydroxylation is 1. The number of aromatic nitrogens is 4. The lowest BCUT2D eigenvalue weighted by molar-refractivity contribution is -0.113. The fourth-order valence-electron chi connectivity index (χ4n) is 3.35. The molecular weight excluding hydrogens is 382 g/mol. The first-order chi connectivity index (χ1) is 14.1. The van der Waals surface area contributed by atoms with E-state index >= 15 is 0 Å². The number of benzene rings is 2. The van der Waals surface area contributed by atoms with E-state index in [0.717, 1.165) is 34.3 Å². The second-order valence-corrected chi connectivity index (χ2v) is 8.08. The van der Waals surface area contributed by atoms with Crippen LogP contribution in [0.15, 0.2) is 53.7 Å². The van der Waals surface area contributed by atoms with Gasteiger partial charge < -0.3 is 9.88 Å². The molecule has 148 valence electrons. The molecular formula is C22H23N5OS. The summed E-state index contributed by atoms with van der Waals surface area (Å²) in [5.74, 6) is 0.603. The number of rotatable bonds is 6. The molecule has 2 heterocycles. The van der Waals surface area contributed by atoms with E-state index in [4.69, 9.17) is 0 Å². The molecule has 0 unspecified atom stereocenters. The van der Waals surface area contributed by atoms with Crippen molar-refractivity contribution < 1.29 is 4.79 Å². The Kier molecular flexibility index (Phi) is 5.49. The Bertz CT molecular complexity index is 1170. The number of hydrogen-bond donors (Lipinski definition) is 1. The van der Waals surface area contributed by atoms with Crippen molar-refractivity contribution in [1.29, 1.82) is 0 Å². The lowest BCUT2D eigenvalue weighted by Crippen LogP contribution is -2.14. The summed E-state index contributed by atoms with van der Waals surface area (Å²) in [6.45, 7) is 7.17. The van der Waals surface area contributed by atoms with Gasteiger partial charge in [0.15, 0.2) is 5.65 Å². The highest BCUT2D eigenvalue weighted by Gasteiger charge is 2.14. The molecule has 2 aromatic carbocycles. The van der Waals surface area contributed by atoms with Gasteiger partial charge in [0, 0.05) is 17.6 Å². The van der Waals surface area contributed by atoms with Gasteiger partial charge in [0.2, 0.25) is 11.1 Å². The Morgan fingerprint density at radius 1 is 1.10 bits per heavy atom. The van der Waals surface area contributed by atoms with Crippen molar-refractivity contribution in [2.45, 2.75) is 38.4 Å². The largest absolute Gasteiger partial charge is 0.325 e. The van der Waals surface area contributed by atoms with Gasteiger partial charge in [-0.15, -0.1) is 10.2 Å². The zero-order chi connectivity index (χ0) is 20.4. The molecule has 7 heteroatoms. The van der Waals surface area contributed by atoms with Crippen LogP contribution in [0.25, 0.3) is 22.1 Å². The second-order valence-electron chi connectivity index (χ2n) is 7.14. The number of nitrogens with one attached hydrogen (secondary N) is 1. The Morgan fingerprint density at radius 2 is 1.86 bits per heavy atom. The average Bonchev–Trinajstić information content (AvgIpc) is 3.05. The number of amides is 1. The van der Waals surface area contributed by atoms with E-state index in [-0.39, 0.29) is 11.7 Å². The maximum atomic E-state index is 12.3. The van der Waals surface area contributed by atoms with Gasteiger partial charge in [0.25, 0.3) is 0 Å². The molecule has 6 nitrogen and oxygen atoms in total. The van der Waals surface area contributed by atoms with E-state index in [1.165, 1.54) is 17.3 Å². The van der Waals surface area contributed by atoms with Gasteiger partial charge in [0.1, 0.15) is 5.52 Å². The Balaban J connectivity index is 1.48. The van der Waals surface area contributed by atoms with Gasteiger partial charge in [-0.3, -0.25) is 4.79 Å². The predicted octanol–water partition coefficient (Wildman–Crippen LogP) is 4.85. The van der Waals surface area contributed by atoms with Gasteiger partial charge >= 0.3 is 0 Å². The topological polar surface area (TPSA) is 72.7 Å². The highest BCUT2D eigenvalue weighted by atomic mass is 32.2. The van der Waals surface area contributed by atoms with Gasteiger partial charge in [0.05, 0.1) is 11.3 Å². The minimum atomic E-state index is -0.0907. The minimum Gasteiger partial charge on any atom is -0.325 e. The molecule has 29 heavy (non-hydrogen) atoms. The summed E-state index contributed by atoms with van der Waals surface area (Å²) in [5, 5.41) is 13.1. The van der Waals surface area contributed by atoms with Crippen LogP contribution in [0.4, 0.5) is 5.69 Å². The summed E-state index contributed by atoms with van der Waals surface area (Å²) in [6.07, 6.45) is 0. The van der Waals surface area contributed by atoms with E-state index in [0.29, 0.717) is 11.1 Å². The number of carbonyl (C=O) groups excluding carboxylic acids is 1. The third kappa shape index (κ3) is 3.96. The molecule has 0 spiro atoms. The monoisotopic (exact) mass is 405 g/mol. The lowest BCUT2D eigenvalue weighted by atomic mass is 10.0. The first-order valence-electron chi connectivity index (χ1n) is 9.71. The molecule has 0 aliphatic heterocycles. The zero-order valence-corrected chi connectivity index (χ0v) is 17.5. The van der Waals surface area contributed by atoms with Crippen molar-refractivity contribution in [1.82, 2.24) is 19.7 Å². The van der Waals surface area contributed by atoms with E-state index in [2.05, 4.69) is 51.9 Å². The number of para-hydroxylation sites is 1. The van der Waals surface area contributed by atoms with Crippen LogP contribution in [-0.2, 0) is 11.3 Å². The number of hydrogen-bond acceptors (Lipinski definition) is 5. The van der Waals surface area contributed by atoms with Crippen LogP contribution in [0, 0.1) is 0 Å². The molecule has 0 fully saturated rings. The lowest BCUT2D eigenvalue weighted by Gasteiger charge is -2.08. The molecule has 0 bridgehead atoms.